The van der Waals surface area contributed by atoms with Crippen molar-refractivity contribution in [2.24, 2.45) is 0 Å². The molecule has 1 aromatic heterocycles. The Labute approximate surface area is 109 Å². The summed E-state index contributed by atoms with van der Waals surface area (Å²) in [6.07, 6.45) is 0.716. The second kappa shape index (κ2) is 5.09. The molecule has 0 fully saturated rings. The van der Waals surface area contributed by atoms with Crippen molar-refractivity contribution in [3.05, 3.63) is 35.5 Å². The van der Waals surface area contributed by atoms with Crippen LogP contribution in [0.15, 0.2) is 16.5 Å². The molecule has 96 valence electrons. The summed E-state index contributed by atoms with van der Waals surface area (Å²) >= 11 is 3.31. The van der Waals surface area contributed by atoms with E-state index in [2.05, 4.69) is 26.1 Å². The first-order chi connectivity index (χ1) is 8.52. The van der Waals surface area contributed by atoms with Gasteiger partial charge in [-0.2, -0.15) is 0 Å². The van der Waals surface area contributed by atoms with Gasteiger partial charge in [0.15, 0.2) is 17.5 Å². The highest BCUT2D eigenvalue weighted by molar-refractivity contribution is 9.09. The Hall–Kier alpha value is -1.37. The molecule has 1 unspecified atom stereocenters. The number of hydrogen-bond acceptors (Lipinski definition) is 3. The second-order valence-corrected chi connectivity index (χ2v) is 4.68. The largest absolute Gasteiger partial charge is 0.419 e. The van der Waals surface area contributed by atoms with Crippen LogP contribution in [0.4, 0.5) is 13.2 Å². The first-order valence-electron chi connectivity index (χ1n) is 5.15. The first kappa shape index (κ1) is 13.1. The zero-order valence-corrected chi connectivity index (χ0v) is 10.8. The third kappa shape index (κ3) is 2.40. The van der Waals surface area contributed by atoms with Crippen LogP contribution in [0.25, 0.3) is 11.5 Å². The van der Waals surface area contributed by atoms with Crippen LogP contribution in [-0.4, -0.2) is 10.2 Å². The van der Waals surface area contributed by atoms with E-state index in [0.29, 0.717) is 12.3 Å². The van der Waals surface area contributed by atoms with Crippen molar-refractivity contribution in [3.63, 3.8) is 0 Å². The van der Waals surface area contributed by atoms with Gasteiger partial charge in [-0.3, -0.25) is 0 Å². The molecule has 3 nitrogen and oxygen atoms in total. The minimum absolute atomic E-state index is 0.000882. The summed E-state index contributed by atoms with van der Waals surface area (Å²) in [5, 5.41) is 7.41. The predicted octanol–water partition coefficient (Wildman–Crippen LogP) is 4.00. The summed E-state index contributed by atoms with van der Waals surface area (Å²) in [6.45, 7) is 1.90. The van der Waals surface area contributed by atoms with Crippen LogP contribution in [0.2, 0.25) is 0 Å². The molecule has 0 aliphatic carbocycles. The second-order valence-electron chi connectivity index (χ2n) is 3.58. The van der Waals surface area contributed by atoms with Gasteiger partial charge in [0.25, 0.3) is 0 Å². The quantitative estimate of drug-likeness (QED) is 0.633. The Bertz CT molecular complexity index is 550. The van der Waals surface area contributed by atoms with Crippen LogP contribution in [0.3, 0.4) is 0 Å². The summed E-state index contributed by atoms with van der Waals surface area (Å²) < 4.78 is 44.1. The van der Waals surface area contributed by atoms with Crippen molar-refractivity contribution in [3.8, 4) is 11.5 Å². The summed E-state index contributed by atoms with van der Waals surface area (Å²) in [5.74, 6) is -3.87. The van der Waals surface area contributed by atoms with Gasteiger partial charge in [-0.25, -0.2) is 13.2 Å². The van der Waals surface area contributed by atoms with Crippen molar-refractivity contribution >= 4 is 15.9 Å². The number of rotatable bonds is 3. The summed E-state index contributed by atoms with van der Waals surface area (Å²) in [5.41, 5.74) is 0.000882. The molecule has 0 bridgehead atoms. The number of benzene rings is 1. The topological polar surface area (TPSA) is 38.9 Å². The Balaban J connectivity index is 2.40. The summed E-state index contributed by atoms with van der Waals surface area (Å²) in [6, 6.07) is 1.62. The lowest BCUT2D eigenvalue weighted by molar-refractivity contribution is 0.446. The molecule has 0 saturated heterocycles. The fourth-order valence-electron chi connectivity index (χ4n) is 1.33. The molecule has 1 heterocycles. The average molecular weight is 321 g/mol. The number of halogens is 4. The van der Waals surface area contributed by atoms with Crippen molar-refractivity contribution in [2.75, 3.05) is 0 Å². The number of aromatic nitrogens is 2. The molecule has 7 heteroatoms. The van der Waals surface area contributed by atoms with Gasteiger partial charge in [0.05, 0.1) is 4.83 Å². The minimum Gasteiger partial charge on any atom is -0.419 e. The maximum absolute atomic E-state index is 13.0. The molecule has 0 saturated carbocycles. The smallest absolute Gasteiger partial charge is 0.248 e. The summed E-state index contributed by atoms with van der Waals surface area (Å²) in [7, 11) is 0. The molecule has 2 aromatic rings. The molecule has 0 spiro atoms. The maximum atomic E-state index is 13.0. The van der Waals surface area contributed by atoms with E-state index in [4.69, 9.17) is 4.42 Å². The molecular formula is C11H8BrF3N2O. The van der Waals surface area contributed by atoms with Crippen molar-refractivity contribution < 1.29 is 17.6 Å². The lowest BCUT2D eigenvalue weighted by Gasteiger charge is -2.00. The lowest BCUT2D eigenvalue weighted by Crippen LogP contribution is -1.91. The Morgan fingerprint density at radius 1 is 1.22 bits per heavy atom. The molecule has 0 N–H and O–H groups in total. The summed E-state index contributed by atoms with van der Waals surface area (Å²) in [4.78, 5) is -0.131. The monoisotopic (exact) mass is 320 g/mol. The van der Waals surface area contributed by atoms with Crippen molar-refractivity contribution in [1.29, 1.82) is 0 Å². The fourth-order valence-corrected chi connectivity index (χ4v) is 1.52. The Morgan fingerprint density at radius 3 is 2.39 bits per heavy atom. The van der Waals surface area contributed by atoms with E-state index in [1.54, 1.807) is 0 Å². The van der Waals surface area contributed by atoms with Crippen LogP contribution >= 0.6 is 15.9 Å². The molecule has 2 rings (SSSR count). The van der Waals surface area contributed by atoms with E-state index in [1.807, 2.05) is 6.92 Å². The van der Waals surface area contributed by atoms with Crippen LogP contribution in [-0.2, 0) is 0 Å². The van der Waals surface area contributed by atoms with Gasteiger partial charge in [0.2, 0.25) is 11.8 Å². The molecule has 0 aliphatic heterocycles. The minimum atomic E-state index is -1.52. The molecule has 18 heavy (non-hydrogen) atoms. The van der Waals surface area contributed by atoms with Gasteiger partial charge in [0, 0.05) is 5.56 Å². The van der Waals surface area contributed by atoms with Crippen LogP contribution < -0.4 is 0 Å². The Morgan fingerprint density at radius 2 is 1.83 bits per heavy atom. The van der Waals surface area contributed by atoms with Crippen LogP contribution in [0.5, 0.6) is 0 Å². The van der Waals surface area contributed by atoms with E-state index in [9.17, 15) is 13.2 Å². The average Bonchev–Trinajstić information content (AvgIpc) is 2.84. The van der Waals surface area contributed by atoms with E-state index in [-0.39, 0.29) is 16.3 Å². The third-order valence-electron chi connectivity index (χ3n) is 2.30. The third-order valence-corrected chi connectivity index (χ3v) is 3.34. The van der Waals surface area contributed by atoms with E-state index < -0.39 is 17.5 Å². The highest BCUT2D eigenvalue weighted by atomic mass is 79.9. The molecule has 1 aromatic carbocycles. The normalized spacial score (nSPS) is 12.7. The molecule has 0 aliphatic rings. The van der Waals surface area contributed by atoms with Crippen molar-refractivity contribution in [1.82, 2.24) is 10.2 Å². The number of alkyl halides is 1. The SMILES string of the molecule is CCC(Br)c1nnc(-c2cc(F)c(F)c(F)c2)o1. The lowest BCUT2D eigenvalue weighted by atomic mass is 10.2. The van der Waals surface area contributed by atoms with Gasteiger partial charge >= 0.3 is 0 Å². The maximum Gasteiger partial charge on any atom is 0.248 e. The van der Waals surface area contributed by atoms with Gasteiger partial charge in [-0.15, -0.1) is 10.2 Å². The first-order valence-corrected chi connectivity index (χ1v) is 6.07. The fraction of sp³-hybridized carbons (Fsp3) is 0.273. The predicted molar refractivity (Wildman–Crippen MR) is 61.6 cm³/mol. The molecular weight excluding hydrogens is 313 g/mol. The Kier molecular flexibility index (Phi) is 3.70. The van der Waals surface area contributed by atoms with E-state index >= 15 is 0 Å². The zero-order valence-electron chi connectivity index (χ0n) is 9.25. The number of hydrogen-bond donors (Lipinski definition) is 0. The van der Waals surface area contributed by atoms with Gasteiger partial charge in [-0.1, -0.05) is 22.9 Å². The van der Waals surface area contributed by atoms with E-state index in [0.717, 1.165) is 12.1 Å². The van der Waals surface area contributed by atoms with E-state index in [1.165, 1.54) is 0 Å². The standard InChI is InChI=1S/C11H8BrF3N2O/c1-2-6(12)11-17-16-10(18-11)5-3-7(13)9(15)8(14)4-5/h3-4,6H,2H2,1H3. The molecule has 0 amide bonds. The molecule has 0 radical (unpaired) electrons. The zero-order chi connectivity index (χ0) is 13.3. The van der Waals surface area contributed by atoms with Crippen molar-refractivity contribution in [2.45, 2.75) is 18.2 Å². The van der Waals surface area contributed by atoms with Crippen LogP contribution in [0.1, 0.15) is 24.1 Å². The highest BCUT2D eigenvalue weighted by Gasteiger charge is 2.18. The highest BCUT2D eigenvalue weighted by Crippen LogP contribution is 2.28. The van der Waals surface area contributed by atoms with Gasteiger partial charge < -0.3 is 4.42 Å². The number of nitrogens with zero attached hydrogens (tertiary/aromatic N) is 2. The van der Waals surface area contributed by atoms with Crippen LogP contribution in [0, 0.1) is 17.5 Å². The van der Waals surface area contributed by atoms with Gasteiger partial charge in [-0.05, 0) is 18.6 Å². The molecule has 1 atom stereocenters. The van der Waals surface area contributed by atoms with Gasteiger partial charge in [0.1, 0.15) is 0 Å².